The molecule has 34 heavy (non-hydrogen) atoms. The average molecular weight is 489 g/mol. The quantitative estimate of drug-likeness (QED) is 0.622. The topological polar surface area (TPSA) is 80.0 Å². The SMILES string of the molecule is COC(OC)C1C2CN(c3cc(N4C5CCC4CN(c4cc(Cl)nnc4N)C5)ccc3F)CC21. The van der Waals surface area contributed by atoms with Gasteiger partial charge in [0.2, 0.25) is 0 Å². The highest BCUT2D eigenvalue weighted by atomic mass is 35.5. The molecule has 0 radical (unpaired) electrons. The molecule has 2 bridgehead atoms. The predicted octanol–water partition coefficient (Wildman–Crippen LogP) is 3.01. The fourth-order valence-electron chi connectivity index (χ4n) is 6.63. The van der Waals surface area contributed by atoms with Crippen molar-refractivity contribution >= 4 is 34.5 Å². The second-order valence-electron chi connectivity index (χ2n) is 9.92. The second-order valence-corrected chi connectivity index (χ2v) is 10.3. The maximum atomic E-state index is 14.9. The van der Waals surface area contributed by atoms with E-state index in [4.69, 9.17) is 26.8 Å². The molecular formula is C24H30ClFN6O2. The van der Waals surface area contributed by atoms with Gasteiger partial charge in [0.15, 0.2) is 17.3 Å². The van der Waals surface area contributed by atoms with Crippen molar-refractivity contribution in [2.75, 3.05) is 60.8 Å². The van der Waals surface area contributed by atoms with E-state index in [1.165, 1.54) is 0 Å². The zero-order valence-electron chi connectivity index (χ0n) is 19.4. The molecule has 1 aromatic heterocycles. The summed E-state index contributed by atoms with van der Waals surface area (Å²) in [5.74, 6) is 1.65. The number of piperazine rings is 1. The first-order valence-corrected chi connectivity index (χ1v) is 12.3. The van der Waals surface area contributed by atoms with E-state index in [2.05, 4.69) is 24.9 Å². The molecule has 4 aliphatic rings. The van der Waals surface area contributed by atoms with Crippen LogP contribution in [0.3, 0.4) is 0 Å². The molecule has 0 amide bonds. The van der Waals surface area contributed by atoms with Crippen LogP contribution in [-0.4, -0.2) is 69.0 Å². The van der Waals surface area contributed by atoms with Gasteiger partial charge in [-0.2, -0.15) is 0 Å². The highest BCUT2D eigenvalue weighted by molar-refractivity contribution is 6.29. The molecule has 0 spiro atoms. The van der Waals surface area contributed by atoms with Gasteiger partial charge in [0.1, 0.15) is 5.82 Å². The van der Waals surface area contributed by atoms with Crippen LogP contribution in [0.5, 0.6) is 0 Å². The molecule has 4 atom stereocenters. The molecule has 6 rings (SSSR count). The van der Waals surface area contributed by atoms with E-state index in [1.54, 1.807) is 26.4 Å². The highest BCUT2D eigenvalue weighted by Crippen LogP contribution is 2.55. The molecule has 4 fully saturated rings. The van der Waals surface area contributed by atoms with Crippen LogP contribution < -0.4 is 20.4 Å². The molecule has 1 saturated carbocycles. The van der Waals surface area contributed by atoms with Crippen LogP contribution in [0.1, 0.15) is 12.8 Å². The van der Waals surface area contributed by atoms with E-state index in [0.717, 1.165) is 50.4 Å². The first-order valence-electron chi connectivity index (χ1n) is 11.9. The Morgan fingerprint density at radius 3 is 2.26 bits per heavy atom. The zero-order chi connectivity index (χ0) is 23.6. The number of hydrogen-bond donors (Lipinski definition) is 1. The van der Waals surface area contributed by atoms with Crippen LogP contribution >= 0.6 is 11.6 Å². The number of hydrogen-bond acceptors (Lipinski definition) is 8. The molecule has 4 unspecified atom stereocenters. The molecular weight excluding hydrogens is 459 g/mol. The number of halogens is 2. The summed E-state index contributed by atoms with van der Waals surface area (Å²) in [5, 5.41) is 8.16. The Bertz CT molecular complexity index is 1060. The number of nitrogens with two attached hydrogens (primary N) is 1. The Balaban J connectivity index is 1.19. The summed E-state index contributed by atoms with van der Waals surface area (Å²) >= 11 is 6.08. The van der Waals surface area contributed by atoms with Crippen LogP contribution in [0.25, 0.3) is 0 Å². The fourth-order valence-corrected chi connectivity index (χ4v) is 6.77. The summed E-state index contributed by atoms with van der Waals surface area (Å²) in [7, 11) is 3.37. The van der Waals surface area contributed by atoms with Gasteiger partial charge in [-0.3, -0.25) is 0 Å². The van der Waals surface area contributed by atoms with E-state index >= 15 is 0 Å². The number of fused-ring (bicyclic) bond motifs is 3. The number of benzene rings is 1. The molecule has 3 aliphatic heterocycles. The predicted molar refractivity (Wildman–Crippen MR) is 130 cm³/mol. The summed E-state index contributed by atoms with van der Waals surface area (Å²) in [6.07, 6.45) is 2.01. The van der Waals surface area contributed by atoms with Crippen LogP contribution in [0.2, 0.25) is 5.15 Å². The number of ether oxygens (including phenoxy) is 2. The lowest BCUT2D eigenvalue weighted by atomic mass is 10.1. The maximum Gasteiger partial charge on any atom is 0.169 e. The Morgan fingerprint density at radius 1 is 0.971 bits per heavy atom. The van der Waals surface area contributed by atoms with E-state index in [9.17, 15) is 4.39 Å². The highest BCUT2D eigenvalue weighted by Gasteiger charge is 2.59. The van der Waals surface area contributed by atoms with Gasteiger partial charge in [0.25, 0.3) is 0 Å². The maximum absolute atomic E-state index is 14.9. The summed E-state index contributed by atoms with van der Waals surface area (Å²) in [5.41, 5.74) is 8.72. The molecule has 2 N–H and O–H groups in total. The van der Waals surface area contributed by atoms with Gasteiger partial charge in [0, 0.05) is 70.2 Å². The number of methoxy groups -OCH3 is 2. The monoisotopic (exact) mass is 488 g/mol. The minimum Gasteiger partial charge on any atom is -0.380 e. The summed E-state index contributed by atoms with van der Waals surface area (Å²) in [6, 6.07) is 8.02. The number of piperidine rings is 1. The molecule has 182 valence electrons. The number of rotatable bonds is 6. The van der Waals surface area contributed by atoms with E-state index in [0.29, 0.717) is 46.5 Å². The van der Waals surface area contributed by atoms with Crippen molar-refractivity contribution < 1.29 is 13.9 Å². The Kier molecular flexibility index (Phi) is 5.46. The van der Waals surface area contributed by atoms with Crippen molar-refractivity contribution in [1.82, 2.24) is 10.2 Å². The van der Waals surface area contributed by atoms with Crippen molar-refractivity contribution in [3.63, 3.8) is 0 Å². The minimum atomic E-state index is -0.167. The second kappa shape index (κ2) is 8.39. The number of anilines is 4. The van der Waals surface area contributed by atoms with Crippen molar-refractivity contribution in [2.45, 2.75) is 31.2 Å². The number of aromatic nitrogens is 2. The fraction of sp³-hybridized carbons (Fsp3) is 0.583. The van der Waals surface area contributed by atoms with Crippen LogP contribution in [0.4, 0.5) is 27.3 Å². The summed E-state index contributed by atoms with van der Waals surface area (Å²) in [6.45, 7) is 3.32. The minimum absolute atomic E-state index is 0.159. The first-order chi connectivity index (χ1) is 16.5. The van der Waals surface area contributed by atoms with Crippen LogP contribution in [-0.2, 0) is 9.47 Å². The number of nitrogens with zero attached hydrogens (tertiary/aromatic N) is 5. The largest absolute Gasteiger partial charge is 0.380 e. The van der Waals surface area contributed by atoms with Crippen molar-refractivity contribution in [3.8, 4) is 0 Å². The summed E-state index contributed by atoms with van der Waals surface area (Å²) < 4.78 is 25.9. The van der Waals surface area contributed by atoms with Crippen molar-refractivity contribution in [3.05, 3.63) is 35.2 Å². The van der Waals surface area contributed by atoms with Gasteiger partial charge in [-0.25, -0.2) is 4.39 Å². The van der Waals surface area contributed by atoms with Crippen molar-refractivity contribution in [2.24, 2.45) is 17.8 Å². The van der Waals surface area contributed by atoms with Gasteiger partial charge in [-0.1, -0.05) is 11.6 Å². The zero-order valence-corrected chi connectivity index (χ0v) is 20.2. The third kappa shape index (κ3) is 3.56. The lowest BCUT2D eigenvalue weighted by Gasteiger charge is -2.43. The molecule has 8 nitrogen and oxygen atoms in total. The molecule has 2 aromatic rings. The third-order valence-electron chi connectivity index (χ3n) is 8.20. The summed E-state index contributed by atoms with van der Waals surface area (Å²) in [4.78, 5) is 6.92. The first kappa shape index (κ1) is 22.1. The van der Waals surface area contributed by atoms with Crippen molar-refractivity contribution in [1.29, 1.82) is 0 Å². The molecule has 10 heteroatoms. The lowest BCUT2D eigenvalue weighted by Crippen LogP contribution is -2.54. The van der Waals surface area contributed by atoms with Gasteiger partial charge < -0.3 is 29.9 Å². The molecule has 1 aromatic carbocycles. The standard InChI is InChI=1S/C24H30ClFN6O2/c1-33-24(34-2)22-16-11-31(12-17(16)22)19-7-13(5-6-18(19)26)32-14-3-4-15(32)10-30(9-14)20-8-21(25)28-29-23(20)27/h5-8,14-17,22,24H,3-4,9-12H2,1-2H3,(H2,27,29). The number of nitrogen functional groups attached to an aromatic ring is 1. The Morgan fingerprint density at radius 2 is 1.62 bits per heavy atom. The third-order valence-corrected chi connectivity index (χ3v) is 8.39. The van der Waals surface area contributed by atoms with Crippen LogP contribution in [0.15, 0.2) is 24.3 Å². The molecule has 1 aliphatic carbocycles. The Hall–Kier alpha value is -2.36. The normalized spacial score (nSPS) is 29.8. The van der Waals surface area contributed by atoms with E-state index in [-0.39, 0.29) is 12.1 Å². The van der Waals surface area contributed by atoms with Crippen LogP contribution in [0, 0.1) is 23.6 Å². The van der Waals surface area contributed by atoms with E-state index < -0.39 is 0 Å². The smallest absolute Gasteiger partial charge is 0.169 e. The van der Waals surface area contributed by atoms with Gasteiger partial charge in [0.05, 0.1) is 11.4 Å². The van der Waals surface area contributed by atoms with Gasteiger partial charge in [-0.15, -0.1) is 10.2 Å². The Labute approximate surface area is 203 Å². The lowest BCUT2D eigenvalue weighted by molar-refractivity contribution is -0.121. The van der Waals surface area contributed by atoms with Gasteiger partial charge >= 0.3 is 0 Å². The van der Waals surface area contributed by atoms with E-state index in [1.807, 2.05) is 12.1 Å². The molecule has 3 saturated heterocycles. The molecule has 4 heterocycles. The average Bonchev–Trinajstić information content (AvgIpc) is 3.17. The van der Waals surface area contributed by atoms with Gasteiger partial charge in [-0.05, 0) is 42.9 Å².